The summed E-state index contributed by atoms with van der Waals surface area (Å²) < 4.78 is 46.5. The van der Waals surface area contributed by atoms with E-state index in [-0.39, 0.29) is 23.5 Å². The maximum Gasteiger partial charge on any atom is 0.255 e. The van der Waals surface area contributed by atoms with E-state index in [9.17, 15) is 22.4 Å². The lowest BCUT2D eigenvalue weighted by Gasteiger charge is -2.36. The van der Waals surface area contributed by atoms with Gasteiger partial charge in [0.1, 0.15) is 17.2 Å². The van der Waals surface area contributed by atoms with Crippen LogP contribution in [0, 0.1) is 11.7 Å². The summed E-state index contributed by atoms with van der Waals surface area (Å²) in [5.74, 6) is -0.0296. The number of nitrogens with zero attached hydrogens (tertiary/aromatic N) is 2. The number of likely N-dealkylation sites (tertiary alicyclic amines) is 1. The molecule has 1 aliphatic carbocycles. The van der Waals surface area contributed by atoms with Crippen LogP contribution in [0.1, 0.15) is 73.2 Å². The van der Waals surface area contributed by atoms with Gasteiger partial charge in [0.2, 0.25) is 15.9 Å². The van der Waals surface area contributed by atoms with E-state index in [0.717, 1.165) is 37.5 Å². The zero-order valence-corrected chi connectivity index (χ0v) is 24.7. The van der Waals surface area contributed by atoms with Gasteiger partial charge in [-0.2, -0.15) is 0 Å². The Morgan fingerprint density at radius 2 is 1.78 bits per heavy atom. The number of carbonyl (C=O) groups is 2. The van der Waals surface area contributed by atoms with Crippen molar-refractivity contribution in [2.45, 2.75) is 57.3 Å². The lowest BCUT2D eigenvalue weighted by molar-refractivity contribution is -0.133. The summed E-state index contributed by atoms with van der Waals surface area (Å²) in [6.45, 7) is 1.17. The molecule has 5 rings (SSSR count). The summed E-state index contributed by atoms with van der Waals surface area (Å²) in [5, 5.41) is 3.21. The van der Waals surface area contributed by atoms with Gasteiger partial charge in [-0.25, -0.2) is 12.8 Å². The summed E-state index contributed by atoms with van der Waals surface area (Å²) in [6.07, 6.45) is 9.08. The minimum Gasteiger partial charge on any atom is -0.455 e. The zero-order chi connectivity index (χ0) is 29.3. The normalized spacial score (nSPS) is 18.4. The van der Waals surface area contributed by atoms with Crippen molar-refractivity contribution in [2.24, 2.45) is 5.92 Å². The van der Waals surface area contributed by atoms with Gasteiger partial charge < -0.3 is 14.6 Å². The van der Waals surface area contributed by atoms with Crippen LogP contribution in [0.15, 0.2) is 40.8 Å². The minimum absolute atomic E-state index is 0.121. The number of piperidine rings is 1. The van der Waals surface area contributed by atoms with Gasteiger partial charge in [0.05, 0.1) is 17.5 Å². The summed E-state index contributed by atoms with van der Waals surface area (Å²) in [4.78, 5) is 28.4. The van der Waals surface area contributed by atoms with E-state index in [1.54, 1.807) is 18.2 Å². The third kappa shape index (κ3) is 6.12. The van der Waals surface area contributed by atoms with E-state index in [1.807, 2.05) is 11.0 Å². The van der Waals surface area contributed by atoms with Crippen LogP contribution in [0.3, 0.4) is 0 Å². The molecule has 1 saturated carbocycles. The molecular formula is C31H38FN3O5S. The van der Waals surface area contributed by atoms with E-state index in [1.165, 1.54) is 49.8 Å². The highest BCUT2D eigenvalue weighted by molar-refractivity contribution is 7.92. The summed E-state index contributed by atoms with van der Waals surface area (Å²) >= 11 is 0. The molecule has 10 heteroatoms. The van der Waals surface area contributed by atoms with Crippen LogP contribution in [0.5, 0.6) is 0 Å². The van der Waals surface area contributed by atoms with Crippen LogP contribution in [-0.2, 0) is 14.8 Å². The molecule has 2 amide bonds. The minimum atomic E-state index is -3.63. The van der Waals surface area contributed by atoms with E-state index in [0.29, 0.717) is 53.2 Å². The Balaban J connectivity index is 1.58. The number of furan rings is 1. The number of hydrogen-bond donors (Lipinski definition) is 1. The van der Waals surface area contributed by atoms with E-state index >= 15 is 0 Å². The van der Waals surface area contributed by atoms with Crippen molar-refractivity contribution in [3.05, 3.63) is 53.3 Å². The van der Waals surface area contributed by atoms with E-state index in [2.05, 4.69) is 5.32 Å². The SMILES string of the molecule is CNC(=O)c1c(-c2ccc(F)cc2)oc2cc(N(C)S(C)(=O)=O)c(C3CCCN(C(=O)CC4CCCCC4)C3)cc12. The highest BCUT2D eigenvalue weighted by Gasteiger charge is 2.32. The molecule has 3 aromatic rings. The second-order valence-electron chi connectivity index (χ2n) is 11.4. The molecule has 2 heterocycles. The summed E-state index contributed by atoms with van der Waals surface area (Å²) in [6, 6.07) is 9.18. The Hall–Kier alpha value is -3.40. The number of anilines is 1. The van der Waals surface area contributed by atoms with Crippen molar-refractivity contribution in [1.29, 1.82) is 0 Å². The first-order valence-corrected chi connectivity index (χ1v) is 16.2. The number of fused-ring (bicyclic) bond motifs is 1. The van der Waals surface area contributed by atoms with Crippen molar-refractivity contribution in [3.63, 3.8) is 0 Å². The topological polar surface area (TPSA) is 99.9 Å². The van der Waals surface area contributed by atoms with Gasteiger partial charge in [-0.05, 0) is 67.5 Å². The van der Waals surface area contributed by atoms with Gasteiger partial charge in [0.15, 0.2) is 0 Å². The Morgan fingerprint density at radius 3 is 2.44 bits per heavy atom. The zero-order valence-electron chi connectivity index (χ0n) is 23.9. The van der Waals surface area contributed by atoms with Gasteiger partial charge >= 0.3 is 0 Å². The molecule has 0 bridgehead atoms. The number of carbonyl (C=O) groups excluding carboxylic acids is 2. The lowest BCUT2D eigenvalue weighted by atomic mass is 9.85. The monoisotopic (exact) mass is 583 g/mol. The van der Waals surface area contributed by atoms with Crippen molar-refractivity contribution in [2.75, 3.05) is 37.7 Å². The first-order chi connectivity index (χ1) is 19.6. The van der Waals surface area contributed by atoms with Crippen LogP contribution in [-0.4, -0.2) is 58.6 Å². The van der Waals surface area contributed by atoms with Gasteiger partial charge in [0, 0.05) is 56.5 Å². The molecule has 1 atom stereocenters. The van der Waals surface area contributed by atoms with Crippen molar-refractivity contribution in [3.8, 4) is 11.3 Å². The lowest BCUT2D eigenvalue weighted by Crippen LogP contribution is -2.40. The smallest absolute Gasteiger partial charge is 0.255 e. The van der Waals surface area contributed by atoms with Crippen LogP contribution in [0.2, 0.25) is 0 Å². The van der Waals surface area contributed by atoms with Crippen LogP contribution in [0.4, 0.5) is 10.1 Å². The average molecular weight is 584 g/mol. The fourth-order valence-electron chi connectivity index (χ4n) is 6.31. The second kappa shape index (κ2) is 11.8. The molecule has 1 aromatic heterocycles. The van der Waals surface area contributed by atoms with E-state index < -0.39 is 15.8 Å². The van der Waals surface area contributed by atoms with Crippen molar-refractivity contribution < 1.29 is 26.8 Å². The standard InChI is InChI=1S/C31H38FN3O5S/c1-33-31(37)29-25-17-24(22-10-7-15-35(19-22)28(36)16-20-8-5-4-6-9-20)26(34(2)41(3,38)39)18-27(25)40-30(29)21-11-13-23(32)14-12-21/h11-14,17-18,20,22H,4-10,15-16,19H2,1-3H3,(H,33,37). The van der Waals surface area contributed by atoms with Gasteiger partial charge in [0.25, 0.3) is 5.91 Å². The molecule has 1 aliphatic heterocycles. The summed E-state index contributed by atoms with van der Waals surface area (Å²) in [7, 11) is -0.600. The van der Waals surface area contributed by atoms with Crippen molar-refractivity contribution in [1.82, 2.24) is 10.2 Å². The third-order valence-electron chi connectivity index (χ3n) is 8.64. The maximum absolute atomic E-state index is 13.7. The highest BCUT2D eigenvalue weighted by Crippen LogP contribution is 2.42. The molecule has 2 aliphatic rings. The predicted octanol–water partition coefficient (Wildman–Crippen LogP) is 5.67. The number of rotatable bonds is 7. The van der Waals surface area contributed by atoms with Gasteiger partial charge in [-0.15, -0.1) is 0 Å². The molecule has 2 fully saturated rings. The molecule has 220 valence electrons. The fraction of sp³-hybridized carbons (Fsp3) is 0.484. The largest absolute Gasteiger partial charge is 0.455 e. The Labute approximate surface area is 240 Å². The molecule has 8 nitrogen and oxygen atoms in total. The van der Waals surface area contributed by atoms with E-state index in [4.69, 9.17) is 4.42 Å². The molecule has 1 unspecified atom stereocenters. The molecule has 0 spiro atoms. The number of halogens is 1. The number of benzene rings is 2. The number of hydrogen-bond acceptors (Lipinski definition) is 5. The van der Waals surface area contributed by atoms with Gasteiger partial charge in [-0.1, -0.05) is 19.3 Å². The molecule has 1 saturated heterocycles. The van der Waals surface area contributed by atoms with Crippen LogP contribution >= 0.6 is 0 Å². The third-order valence-corrected chi connectivity index (χ3v) is 9.83. The molecule has 2 aromatic carbocycles. The Bertz CT molecular complexity index is 1540. The number of amides is 2. The Kier molecular flexibility index (Phi) is 8.40. The highest BCUT2D eigenvalue weighted by atomic mass is 32.2. The average Bonchev–Trinajstić information content (AvgIpc) is 3.34. The fourth-order valence-corrected chi connectivity index (χ4v) is 6.82. The van der Waals surface area contributed by atoms with Crippen molar-refractivity contribution >= 4 is 38.5 Å². The molecular weight excluding hydrogens is 545 g/mol. The van der Waals surface area contributed by atoms with Crippen LogP contribution < -0.4 is 9.62 Å². The number of nitrogens with one attached hydrogen (secondary N) is 1. The van der Waals surface area contributed by atoms with Gasteiger partial charge in [-0.3, -0.25) is 13.9 Å². The first kappa shape index (κ1) is 29.1. The second-order valence-corrected chi connectivity index (χ2v) is 13.4. The Morgan fingerprint density at radius 1 is 1.07 bits per heavy atom. The maximum atomic E-state index is 13.7. The number of sulfonamides is 1. The van der Waals surface area contributed by atoms with Crippen LogP contribution in [0.25, 0.3) is 22.3 Å². The predicted molar refractivity (Wildman–Crippen MR) is 158 cm³/mol. The molecule has 1 N–H and O–H groups in total. The first-order valence-electron chi connectivity index (χ1n) is 14.4. The molecule has 0 radical (unpaired) electrons. The molecule has 41 heavy (non-hydrogen) atoms. The summed E-state index contributed by atoms with van der Waals surface area (Å²) in [5.41, 5.74) is 2.37. The quantitative estimate of drug-likeness (QED) is 0.386.